The van der Waals surface area contributed by atoms with Crippen molar-refractivity contribution < 1.29 is 19.1 Å². The molecule has 1 unspecified atom stereocenters. The number of carbonyl (C=O) groups is 1. The molecule has 0 radical (unpaired) electrons. The summed E-state index contributed by atoms with van der Waals surface area (Å²) in [5, 5.41) is 14.5. The van der Waals surface area contributed by atoms with E-state index in [0.29, 0.717) is 25.0 Å². The molecule has 0 bridgehead atoms. The summed E-state index contributed by atoms with van der Waals surface area (Å²) in [6.45, 7) is 5.60. The Morgan fingerprint density at radius 1 is 1.48 bits per heavy atom. The number of aliphatic hydroxyl groups excluding tert-OH is 1. The average molecular weight is 317 g/mol. The van der Waals surface area contributed by atoms with Gasteiger partial charge in [-0.2, -0.15) is 0 Å². The zero-order valence-corrected chi connectivity index (χ0v) is 13.1. The topological polar surface area (TPSA) is 58.9 Å². The Morgan fingerprint density at radius 3 is 2.78 bits per heavy atom. The first-order valence-electron chi connectivity index (χ1n) is 7.60. The number of benzene rings is 1. The fourth-order valence-electron chi connectivity index (χ4n) is 2.64. The van der Waals surface area contributed by atoms with Crippen molar-refractivity contribution >= 4 is 11.5 Å². The third-order valence-electron chi connectivity index (χ3n) is 3.79. The number of allylic oxidation sites excluding steroid dienone is 2. The van der Waals surface area contributed by atoms with Gasteiger partial charge >= 0.3 is 0 Å². The van der Waals surface area contributed by atoms with Gasteiger partial charge in [0.15, 0.2) is 5.78 Å². The summed E-state index contributed by atoms with van der Waals surface area (Å²) in [4.78, 5) is 17.3. The van der Waals surface area contributed by atoms with Gasteiger partial charge < -0.3 is 9.94 Å². The summed E-state index contributed by atoms with van der Waals surface area (Å²) in [7, 11) is 0. The molecule has 1 aromatic rings. The van der Waals surface area contributed by atoms with Crippen LogP contribution >= 0.6 is 0 Å². The monoisotopic (exact) mass is 317 g/mol. The van der Waals surface area contributed by atoms with E-state index in [4.69, 9.17) is 4.84 Å². The van der Waals surface area contributed by atoms with Gasteiger partial charge in [0.05, 0.1) is 11.3 Å². The lowest BCUT2D eigenvalue weighted by atomic mass is 9.81. The van der Waals surface area contributed by atoms with Crippen LogP contribution < -0.4 is 0 Å². The maximum Gasteiger partial charge on any atom is 0.168 e. The number of nitrogens with zero attached hydrogens (tertiary/aromatic N) is 1. The van der Waals surface area contributed by atoms with Crippen molar-refractivity contribution in [2.75, 3.05) is 6.61 Å². The second kappa shape index (κ2) is 7.72. The molecular weight excluding hydrogens is 297 g/mol. The van der Waals surface area contributed by atoms with Crippen LogP contribution in [0.4, 0.5) is 4.39 Å². The molecule has 1 aliphatic carbocycles. The van der Waals surface area contributed by atoms with Crippen LogP contribution in [-0.2, 0) is 9.63 Å². The quantitative estimate of drug-likeness (QED) is 0.373. The average Bonchev–Trinajstić information content (AvgIpc) is 2.54. The number of hydrogen-bond acceptors (Lipinski definition) is 4. The van der Waals surface area contributed by atoms with E-state index < -0.39 is 0 Å². The molecule has 1 aliphatic rings. The molecule has 0 aliphatic heterocycles. The first-order valence-corrected chi connectivity index (χ1v) is 7.60. The van der Waals surface area contributed by atoms with Crippen molar-refractivity contribution in [1.29, 1.82) is 0 Å². The number of oxime groups is 1. The van der Waals surface area contributed by atoms with E-state index in [-0.39, 0.29) is 35.5 Å². The van der Waals surface area contributed by atoms with Gasteiger partial charge in [-0.05, 0) is 30.5 Å². The first kappa shape index (κ1) is 16.9. The fourth-order valence-corrected chi connectivity index (χ4v) is 2.64. The highest BCUT2D eigenvalue weighted by atomic mass is 19.1. The number of halogens is 1. The van der Waals surface area contributed by atoms with Crippen molar-refractivity contribution in [3.05, 3.63) is 59.6 Å². The number of carbonyl (C=O) groups excluding carboxylic acids is 1. The van der Waals surface area contributed by atoms with Crippen molar-refractivity contribution in [2.24, 2.45) is 5.16 Å². The van der Waals surface area contributed by atoms with Crippen LogP contribution in [0, 0.1) is 5.82 Å². The molecule has 122 valence electrons. The molecule has 2 rings (SSSR count). The van der Waals surface area contributed by atoms with Gasteiger partial charge in [-0.25, -0.2) is 4.39 Å². The van der Waals surface area contributed by atoms with E-state index in [9.17, 15) is 14.3 Å². The lowest BCUT2D eigenvalue weighted by Crippen LogP contribution is -2.24. The van der Waals surface area contributed by atoms with Crippen LogP contribution in [0.15, 0.2) is 53.4 Å². The Bertz CT molecular complexity index is 647. The van der Waals surface area contributed by atoms with Crippen LogP contribution in [0.2, 0.25) is 0 Å². The Morgan fingerprint density at radius 2 is 2.17 bits per heavy atom. The van der Waals surface area contributed by atoms with Crippen molar-refractivity contribution in [3.63, 3.8) is 0 Å². The Kier molecular flexibility index (Phi) is 5.68. The molecule has 4 nitrogen and oxygen atoms in total. The number of hydrogen-bond donors (Lipinski definition) is 1. The summed E-state index contributed by atoms with van der Waals surface area (Å²) >= 11 is 0. The van der Waals surface area contributed by atoms with Crippen LogP contribution in [0.3, 0.4) is 0 Å². The Balaban J connectivity index is 2.39. The van der Waals surface area contributed by atoms with Crippen molar-refractivity contribution in [3.8, 4) is 0 Å². The zero-order chi connectivity index (χ0) is 16.8. The zero-order valence-electron chi connectivity index (χ0n) is 13.1. The van der Waals surface area contributed by atoms with E-state index in [1.807, 2.05) is 6.92 Å². The van der Waals surface area contributed by atoms with Gasteiger partial charge in [0.2, 0.25) is 0 Å². The van der Waals surface area contributed by atoms with Crippen LogP contribution in [0.1, 0.15) is 37.7 Å². The molecule has 1 aromatic carbocycles. The number of rotatable bonds is 6. The summed E-state index contributed by atoms with van der Waals surface area (Å²) in [5.74, 6) is -0.836. The molecule has 5 heteroatoms. The lowest BCUT2D eigenvalue weighted by Gasteiger charge is -2.24. The molecule has 0 fully saturated rings. The maximum atomic E-state index is 13.1. The van der Waals surface area contributed by atoms with E-state index >= 15 is 0 Å². The Hall–Kier alpha value is -2.43. The number of aliphatic hydroxyl groups is 1. The second-order valence-corrected chi connectivity index (χ2v) is 5.30. The minimum absolute atomic E-state index is 0.0179. The molecule has 0 heterocycles. The first-order chi connectivity index (χ1) is 11.1. The Labute approximate surface area is 135 Å². The van der Waals surface area contributed by atoms with E-state index in [2.05, 4.69) is 11.7 Å². The van der Waals surface area contributed by atoms with Crippen LogP contribution in [-0.4, -0.2) is 23.2 Å². The highest BCUT2D eigenvalue weighted by Crippen LogP contribution is 2.35. The molecule has 0 saturated carbocycles. The highest BCUT2D eigenvalue weighted by molar-refractivity contribution is 6.23. The largest absolute Gasteiger partial charge is 0.511 e. The molecule has 0 aromatic heterocycles. The van der Waals surface area contributed by atoms with Crippen LogP contribution in [0.25, 0.3) is 0 Å². The summed E-state index contributed by atoms with van der Waals surface area (Å²) in [5.41, 5.74) is 1.41. The minimum atomic E-state index is -0.335. The van der Waals surface area contributed by atoms with Gasteiger partial charge in [0, 0.05) is 12.3 Å². The normalized spacial score (nSPS) is 19.0. The van der Waals surface area contributed by atoms with E-state index in [1.54, 1.807) is 18.2 Å². The SMILES string of the molecule is C=CCO/N=C(/CC)C1=C(O)C(c2ccc(F)cc2)CCC1=O. The molecule has 0 saturated heterocycles. The maximum absolute atomic E-state index is 13.1. The molecule has 0 spiro atoms. The summed E-state index contributed by atoms with van der Waals surface area (Å²) < 4.78 is 13.1. The van der Waals surface area contributed by atoms with Gasteiger partial charge in [-0.3, -0.25) is 4.79 Å². The van der Waals surface area contributed by atoms with Crippen LogP contribution in [0.5, 0.6) is 0 Å². The third-order valence-corrected chi connectivity index (χ3v) is 3.79. The standard InChI is InChI=1S/C18H20FNO3/c1-3-11-23-20-15(4-2)17-16(21)10-9-14(18(17)22)12-5-7-13(19)8-6-12/h3,5-8,14,22H,1,4,9-11H2,2H3/b20-15-. The van der Waals surface area contributed by atoms with Gasteiger partial charge in [-0.1, -0.05) is 36.9 Å². The molecule has 0 amide bonds. The fraction of sp³-hybridized carbons (Fsp3) is 0.333. The predicted octanol–water partition coefficient (Wildman–Crippen LogP) is 4.05. The number of ketones is 1. The van der Waals surface area contributed by atoms with Crippen molar-refractivity contribution in [2.45, 2.75) is 32.1 Å². The smallest absolute Gasteiger partial charge is 0.168 e. The summed E-state index contributed by atoms with van der Waals surface area (Å²) in [6.07, 6.45) is 2.81. The lowest BCUT2D eigenvalue weighted by molar-refractivity contribution is -0.116. The predicted molar refractivity (Wildman–Crippen MR) is 86.9 cm³/mol. The van der Waals surface area contributed by atoms with E-state index in [1.165, 1.54) is 12.1 Å². The second-order valence-electron chi connectivity index (χ2n) is 5.30. The molecular formula is C18H20FNO3. The van der Waals surface area contributed by atoms with Gasteiger partial charge in [-0.15, -0.1) is 0 Å². The van der Waals surface area contributed by atoms with Crippen molar-refractivity contribution in [1.82, 2.24) is 0 Å². The number of Topliss-reactive ketones (excluding diaryl/α,β-unsaturated/α-hetero) is 1. The van der Waals surface area contributed by atoms with Gasteiger partial charge in [0.1, 0.15) is 18.2 Å². The summed E-state index contributed by atoms with van der Waals surface area (Å²) in [6, 6.07) is 5.95. The molecule has 1 N–H and O–H groups in total. The highest BCUT2D eigenvalue weighted by Gasteiger charge is 2.32. The van der Waals surface area contributed by atoms with Gasteiger partial charge in [0.25, 0.3) is 0 Å². The van der Waals surface area contributed by atoms with E-state index in [0.717, 1.165) is 5.56 Å². The molecule has 23 heavy (non-hydrogen) atoms. The minimum Gasteiger partial charge on any atom is -0.511 e. The third kappa shape index (κ3) is 3.86. The molecule has 1 atom stereocenters.